The minimum absolute atomic E-state index is 0.158. The zero-order valence-electron chi connectivity index (χ0n) is 10.5. The van der Waals surface area contributed by atoms with Gasteiger partial charge in [0, 0.05) is 12.1 Å². The Bertz CT molecular complexity index is 377. The van der Waals surface area contributed by atoms with Crippen molar-refractivity contribution < 1.29 is 5.21 Å². The van der Waals surface area contributed by atoms with Crippen LogP contribution >= 0.6 is 0 Å². The van der Waals surface area contributed by atoms with Crippen molar-refractivity contribution in [2.24, 2.45) is 16.8 Å². The molecule has 0 spiro atoms. The second kappa shape index (κ2) is 6.91. The predicted molar refractivity (Wildman–Crippen MR) is 70.1 cm³/mol. The smallest absolute Gasteiger partial charge is 0.170 e. The van der Waals surface area contributed by atoms with Crippen LogP contribution in [0.5, 0.6) is 0 Å². The number of nitrogens with two attached hydrogens (primary N) is 1. The van der Waals surface area contributed by atoms with Gasteiger partial charge in [0.25, 0.3) is 0 Å². The lowest BCUT2D eigenvalue weighted by Gasteiger charge is -2.12. The molecule has 0 saturated carbocycles. The van der Waals surface area contributed by atoms with Gasteiger partial charge in [-0.3, -0.25) is 0 Å². The number of nitrogens with zero attached hydrogens (tertiary/aromatic N) is 1. The Morgan fingerprint density at radius 2 is 2.18 bits per heavy atom. The summed E-state index contributed by atoms with van der Waals surface area (Å²) < 4.78 is 0. The van der Waals surface area contributed by atoms with Crippen molar-refractivity contribution in [1.29, 1.82) is 0 Å². The minimum Gasteiger partial charge on any atom is -0.409 e. The summed E-state index contributed by atoms with van der Waals surface area (Å²) in [6.07, 6.45) is 1.16. The summed E-state index contributed by atoms with van der Waals surface area (Å²) in [5.41, 5.74) is 7.46. The first-order chi connectivity index (χ1) is 8.19. The van der Waals surface area contributed by atoms with E-state index in [2.05, 4.69) is 24.3 Å². The molecule has 1 unspecified atom stereocenters. The molecule has 0 amide bonds. The molecule has 94 valence electrons. The Morgan fingerprint density at radius 3 is 2.82 bits per heavy atom. The van der Waals surface area contributed by atoms with E-state index in [4.69, 9.17) is 10.9 Å². The van der Waals surface area contributed by atoms with Crippen molar-refractivity contribution in [3.8, 4) is 0 Å². The van der Waals surface area contributed by atoms with Crippen LogP contribution in [0.15, 0.2) is 29.4 Å². The van der Waals surface area contributed by atoms with Crippen molar-refractivity contribution in [3.05, 3.63) is 35.4 Å². The van der Waals surface area contributed by atoms with Crippen LogP contribution in [0, 0.1) is 5.92 Å². The van der Waals surface area contributed by atoms with E-state index in [9.17, 15) is 0 Å². The summed E-state index contributed by atoms with van der Waals surface area (Å²) in [5.74, 6) is 0.817. The standard InChI is InChI=1S/C13H21N3O/c1-3-10(2)8-15-9-11-6-4-5-7-12(11)13(14)16-17/h4-7,10,15,17H,3,8-9H2,1-2H3,(H2,14,16). The number of hydrogen-bond donors (Lipinski definition) is 3. The Labute approximate surface area is 103 Å². The molecule has 4 heteroatoms. The summed E-state index contributed by atoms with van der Waals surface area (Å²) in [4.78, 5) is 0. The van der Waals surface area contributed by atoms with Crippen LogP contribution in [-0.4, -0.2) is 17.6 Å². The molecule has 0 bridgehead atoms. The molecule has 0 aliphatic rings. The number of oxime groups is 1. The Balaban J connectivity index is 2.64. The highest BCUT2D eigenvalue weighted by Gasteiger charge is 2.06. The molecule has 0 aliphatic carbocycles. The average molecular weight is 235 g/mol. The van der Waals surface area contributed by atoms with Crippen molar-refractivity contribution >= 4 is 5.84 Å². The van der Waals surface area contributed by atoms with Gasteiger partial charge < -0.3 is 16.3 Å². The highest BCUT2D eigenvalue weighted by molar-refractivity contribution is 5.98. The maximum atomic E-state index is 8.71. The van der Waals surface area contributed by atoms with Crippen LogP contribution in [0.25, 0.3) is 0 Å². The molecule has 1 rings (SSSR count). The van der Waals surface area contributed by atoms with Gasteiger partial charge >= 0.3 is 0 Å². The molecule has 4 N–H and O–H groups in total. The van der Waals surface area contributed by atoms with Crippen molar-refractivity contribution in [1.82, 2.24) is 5.32 Å². The number of hydrogen-bond acceptors (Lipinski definition) is 3. The van der Waals surface area contributed by atoms with Crippen LogP contribution in [0.3, 0.4) is 0 Å². The zero-order chi connectivity index (χ0) is 12.7. The summed E-state index contributed by atoms with van der Waals surface area (Å²) in [5, 5.41) is 15.1. The Kier molecular flexibility index (Phi) is 5.49. The topological polar surface area (TPSA) is 70.6 Å². The second-order valence-corrected chi connectivity index (χ2v) is 4.29. The van der Waals surface area contributed by atoms with E-state index in [0.29, 0.717) is 5.92 Å². The van der Waals surface area contributed by atoms with Gasteiger partial charge in [0.05, 0.1) is 0 Å². The highest BCUT2D eigenvalue weighted by Crippen LogP contribution is 2.08. The fourth-order valence-corrected chi connectivity index (χ4v) is 1.58. The van der Waals surface area contributed by atoms with E-state index in [0.717, 1.165) is 30.6 Å². The average Bonchev–Trinajstić information content (AvgIpc) is 2.38. The van der Waals surface area contributed by atoms with Gasteiger partial charge in [-0.25, -0.2) is 0 Å². The quantitative estimate of drug-likeness (QED) is 0.305. The van der Waals surface area contributed by atoms with Crippen molar-refractivity contribution in [3.63, 3.8) is 0 Å². The van der Waals surface area contributed by atoms with E-state index in [-0.39, 0.29) is 5.84 Å². The number of nitrogens with one attached hydrogen (secondary N) is 1. The van der Waals surface area contributed by atoms with E-state index >= 15 is 0 Å². The molecule has 0 saturated heterocycles. The molecule has 4 nitrogen and oxygen atoms in total. The van der Waals surface area contributed by atoms with Crippen LogP contribution < -0.4 is 11.1 Å². The maximum absolute atomic E-state index is 8.71. The van der Waals surface area contributed by atoms with Crippen LogP contribution in [-0.2, 0) is 6.54 Å². The van der Waals surface area contributed by atoms with Crippen LogP contribution in [0.2, 0.25) is 0 Å². The van der Waals surface area contributed by atoms with Gasteiger partial charge in [-0.2, -0.15) is 0 Å². The molecule has 17 heavy (non-hydrogen) atoms. The SMILES string of the molecule is CCC(C)CNCc1ccccc1C(N)=NO. The highest BCUT2D eigenvalue weighted by atomic mass is 16.4. The minimum atomic E-state index is 0.158. The first-order valence-corrected chi connectivity index (χ1v) is 5.95. The van der Waals surface area contributed by atoms with Crippen LogP contribution in [0.4, 0.5) is 0 Å². The Hall–Kier alpha value is -1.55. The van der Waals surface area contributed by atoms with Gasteiger partial charge in [0.2, 0.25) is 0 Å². The number of rotatable bonds is 6. The fourth-order valence-electron chi connectivity index (χ4n) is 1.58. The lowest BCUT2D eigenvalue weighted by molar-refractivity contribution is 0.318. The third-order valence-electron chi connectivity index (χ3n) is 2.91. The number of benzene rings is 1. The lowest BCUT2D eigenvalue weighted by atomic mass is 10.1. The molecule has 0 radical (unpaired) electrons. The van der Waals surface area contributed by atoms with Gasteiger partial charge in [0.15, 0.2) is 5.84 Å². The normalized spacial score (nSPS) is 13.6. The molecular formula is C13H21N3O. The largest absolute Gasteiger partial charge is 0.409 e. The maximum Gasteiger partial charge on any atom is 0.170 e. The van der Waals surface area contributed by atoms with Gasteiger partial charge in [-0.05, 0) is 18.0 Å². The summed E-state index contributed by atoms with van der Waals surface area (Å²) in [6.45, 7) is 6.09. The molecule has 0 fully saturated rings. The molecule has 1 aromatic rings. The lowest BCUT2D eigenvalue weighted by Crippen LogP contribution is -2.23. The van der Waals surface area contributed by atoms with E-state index in [1.165, 1.54) is 0 Å². The molecule has 0 aliphatic heterocycles. The zero-order valence-corrected chi connectivity index (χ0v) is 10.5. The third-order valence-corrected chi connectivity index (χ3v) is 2.91. The third kappa shape index (κ3) is 4.07. The fraction of sp³-hybridized carbons (Fsp3) is 0.462. The van der Waals surface area contributed by atoms with E-state index < -0.39 is 0 Å². The van der Waals surface area contributed by atoms with Crippen LogP contribution in [0.1, 0.15) is 31.4 Å². The molecule has 1 aromatic carbocycles. The van der Waals surface area contributed by atoms with Crippen molar-refractivity contribution in [2.75, 3.05) is 6.54 Å². The molecule has 0 heterocycles. The van der Waals surface area contributed by atoms with Crippen molar-refractivity contribution in [2.45, 2.75) is 26.8 Å². The first-order valence-electron chi connectivity index (χ1n) is 5.95. The summed E-state index contributed by atoms with van der Waals surface area (Å²) in [7, 11) is 0. The van der Waals surface area contributed by atoms with E-state index in [1.807, 2.05) is 24.3 Å². The molecular weight excluding hydrogens is 214 g/mol. The number of amidine groups is 1. The molecule has 0 aromatic heterocycles. The van der Waals surface area contributed by atoms with Gasteiger partial charge in [0.1, 0.15) is 0 Å². The molecule has 1 atom stereocenters. The van der Waals surface area contributed by atoms with Gasteiger partial charge in [-0.15, -0.1) is 0 Å². The first kappa shape index (κ1) is 13.5. The second-order valence-electron chi connectivity index (χ2n) is 4.29. The summed E-state index contributed by atoms with van der Waals surface area (Å²) >= 11 is 0. The summed E-state index contributed by atoms with van der Waals surface area (Å²) in [6, 6.07) is 7.67. The van der Waals surface area contributed by atoms with Gasteiger partial charge in [-0.1, -0.05) is 49.7 Å². The predicted octanol–water partition coefficient (Wildman–Crippen LogP) is 1.92. The van der Waals surface area contributed by atoms with E-state index in [1.54, 1.807) is 0 Å². The Morgan fingerprint density at radius 1 is 1.47 bits per heavy atom. The monoisotopic (exact) mass is 235 g/mol.